The summed E-state index contributed by atoms with van der Waals surface area (Å²) < 4.78 is 37.3. The van der Waals surface area contributed by atoms with Gasteiger partial charge in [-0.25, -0.2) is 9.78 Å². The molecule has 2 rings (SSSR count). The molecule has 0 radical (unpaired) electrons. The molecule has 0 atom stereocenters. The SMILES string of the molecule is CN(C(=O)C(F)(F)F)c1cc(C(=O)O)c2ccccc2n1. The lowest BCUT2D eigenvalue weighted by Crippen LogP contribution is -2.39. The summed E-state index contributed by atoms with van der Waals surface area (Å²) >= 11 is 0. The first-order valence-corrected chi connectivity index (χ1v) is 5.70. The largest absolute Gasteiger partial charge is 0.478 e. The molecule has 1 N–H and O–H groups in total. The van der Waals surface area contributed by atoms with Crippen LogP contribution in [0.2, 0.25) is 0 Å². The van der Waals surface area contributed by atoms with E-state index in [9.17, 15) is 22.8 Å². The van der Waals surface area contributed by atoms with Crippen LogP contribution in [0, 0.1) is 0 Å². The molecule has 0 aliphatic carbocycles. The standard InChI is InChI=1S/C13H9F3N2O3/c1-18(12(21)13(14,15)16)10-6-8(11(19)20)7-4-2-3-5-9(7)17-10/h2-6H,1H3,(H,19,20). The minimum Gasteiger partial charge on any atom is -0.478 e. The highest BCUT2D eigenvalue weighted by Gasteiger charge is 2.42. The maximum atomic E-state index is 12.4. The molecular formula is C13H9F3N2O3. The first-order chi connectivity index (χ1) is 9.71. The summed E-state index contributed by atoms with van der Waals surface area (Å²) in [6, 6.07) is 7.03. The number of aromatic carboxylic acids is 1. The molecule has 110 valence electrons. The molecule has 0 aliphatic rings. The number of para-hydroxylation sites is 1. The zero-order valence-electron chi connectivity index (χ0n) is 10.7. The van der Waals surface area contributed by atoms with Gasteiger partial charge in [-0.1, -0.05) is 18.2 Å². The highest BCUT2D eigenvalue weighted by molar-refractivity contribution is 6.05. The number of amides is 1. The van der Waals surface area contributed by atoms with Crippen LogP contribution < -0.4 is 4.90 Å². The molecule has 1 amide bonds. The van der Waals surface area contributed by atoms with E-state index in [-0.39, 0.29) is 27.2 Å². The quantitative estimate of drug-likeness (QED) is 0.924. The summed E-state index contributed by atoms with van der Waals surface area (Å²) in [6.07, 6.45) is -5.06. The second-order valence-electron chi connectivity index (χ2n) is 4.21. The number of halogens is 3. The van der Waals surface area contributed by atoms with Crippen molar-refractivity contribution in [2.45, 2.75) is 6.18 Å². The number of hydrogen-bond acceptors (Lipinski definition) is 3. The predicted octanol–water partition coefficient (Wildman–Crippen LogP) is 2.46. The van der Waals surface area contributed by atoms with Gasteiger partial charge in [-0.15, -0.1) is 0 Å². The molecule has 8 heteroatoms. The Morgan fingerprint density at radius 2 is 1.86 bits per heavy atom. The maximum Gasteiger partial charge on any atom is 0.471 e. The van der Waals surface area contributed by atoms with Crippen LogP contribution in [0.25, 0.3) is 10.9 Å². The van der Waals surface area contributed by atoms with Crippen molar-refractivity contribution in [3.63, 3.8) is 0 Å². The lowest BCUT2D eigenvalue weighted by atomic mass is 10.1. The molecule has 1 aromatic heterocycles. The average molecular weight is 298 g/mol. The molecule has 2 aromatic rings. The van der Waals surface area contributed by atoms with Crippen molar-refractivity contribution in [3.05, 3.63) is 35.9 Å². The third-order valence-electron chi connectivity index (χ3n) is 2.82. The molecule has 1 heterocycles. The lowest BCUT2D eigenvalue weighted by molar-refractivity contribution is -0.170. The number of aromatic nitrogens is 1. The molecule has 21 heavy (non-hydrogen) atoms. The Morgan fingerprint density at radius 3 is 2.43 bits per heavy atom. The molecule has 1 aromatic carbocycles. The second-order valence-corrected chi connectivity index (χ2v) is 4.21. The van der Waals surface area contributed by atoms with Gasteiger partial charge in [-0.3, -0.25) is 9.69 Å². The number of benzene rings is 1. The van der Waals surface area contributed by atoms with Crippen molar-refractivity contribution in [2.24, 2.45) is 0 Å². The van der Waals surface area contributed by atoms with Crippen molar-refractivity contribution in [1.82, 2.24) is 4.98 Å². The van der Waals surface area contributed by atoms with Gasteiger partial charge in [0.15, 0.2) is 0 Å². The third-order valence-corrected chi connectivity index (χ3v) is 2.82. The third kappa shape index (κ3) is 2.78. The van der Waals surface area contributed by atoms with Gasteiger partial charge in [-0.2, -0.15) is 13.2 Å². The van der Waals surface area contributed by atoms with E-state index in [1.54, 1.807) is 12.1 Å². The van der Waals surface area contributed by atoms with Gasteiger partial charge in [0.25, 0.3) is 0 Å². The summed E-state index contributed by atoms with van der Waals surface area (Å²) in [6.45, 7) is 0. The Balaban J connectivity index is 2.61. The Morgan fingerprint density at radius 1 is 1.24 bits per heavy atom. The van der Waals surface area contributed by atoms with Gasteiger partial charge in [0.1, 0.15) is 5.82 Å². The van der Waals surface area contributed by atoms with Crippen LogP contribution in [0.1, 0.15) is 10.4 Å². The molecule has 0 spiro atoms. The van der Waals surface area contributed by atoms with Gasteiger partial charge in [0.2, 0.25) is 0 Å². The smallest absolute Gasteiger partial charge is 0.471 e. The minimum absolute atomic E-state index is 0.189. The molecule has 0 aliphatic heterocycles. The fraction of sp³-hybridized carbons (Fsp3) is 0.154. The maximum absolute atomic E-state index is 12.4. The zero-order valence-corrected chi connectivity index (χ0v) is 10.7. The topological polar surface area (TPSA) is 70.5 Å². The van der Waals surface area contributed by atoms with Gasteiger partial charge < -0.3 is 5.11 Å². The highest BCUT2D eigenvalue weighted by atomic mass is 19.4. The van der Waals surface area contributed by atoms with E-state index in [2.05, 4.69) is 4.98 Å². The van der Waals surface area contributed by atoms with Crippen LogP contribution >= 0.6 is 0 Å². The molecule has 5 nitrogen and oxygen atoms in total. The number of carboxylic acids is 1. The van der Waals surface area contributed by atoms with Crippen molar-refractivity contribution in [1.29, 1.82) is 0 Å². The van der Waals surface area contributed by atoms with Crippen LogP contribution in [0.5, 0.6) is 0 Å². The molecule has 0 bridgehead atoms. The van der Waals surface area contributed by atoms with E-state index < -0.39 is 18.1 Å². The first kappa shape index (κ1) is 14.8. The van der Waals surface area contributed by atoms with E-state index in [1.165, 1.54) is 12.1 Å². The number of carboxylic acid groups (broad SMARTS) is 1. The van der Waals surface area contributed by atoms with Gasteiger partial charge in [-0.05, 0) is 12.1 Å². The number of rotatable bonds is 2. The molecule has 0 unspecified atom stereocenters. The summed E-state index contributed by atoms with van der Waals surface area (Å²) in [4.78, 5) is 26.6. The van der Waals surface area contributed by atoms with E-state index in [0.717, 1.165) is 13.1 Å². The molecular weight excluding hydrogens is 289 g/mol. The Hall–Kier alpha value is -2.64. The number of carbonyl (C=O) groups excluding carboxylic acids is 1. The fourth-order valence-electron chi connectivity index (χ4n) is 1.80. The van der Waals surface area contributed by atoms with Crippen molar-refractivity contribution >= 4 is 28.6 Å². The molecule has 0 fully saturated rings. The summed E-state index contributed by atoms with van der Waals surface area (Å²) in [5.41, 5.74) is -0.0355. The van der Waals surface area contributed by atoms with Gasteiger partial charge in [0.05, 0.1) is 11.1 Å². The summed E-state index contributed by atoms with van der Waals surface area (Å²) in [5.74, 6) is -3.82. The van der Waals surface area contributed by atoms with Gasteiger partial charge >= 0.3 is 18.1 Å². The summed E-state index contributed by atoms with van der Waals surface area (Å²) in [5, 5.41) is 9.41. The lowest BCUT2D eigenvalue weighted by Gasteiger charge is -2.18. The molecule has 0 saturated heterocycles. The van der Waals surface area contributed by atoms with Crippen molar-refractivity contribution < 1.29 is 27.9 Å². The van der Waals surface area contributed by atoms with Gasteiger partial charge in [0, 0.05) is 12.4 Å². The van der Waals surface area contributed by atoms with Crippen LogP contribution in [0.15, 0.2) is 30.3 Å². The van der Waals surface area contributed by atoms with Crippen LogP contribution in [0.3, 0.4) is 0 Å². The number of pyridine rings is 1. The minimum atomic E-state index is -5.06. The monoisotopic (exact) mass is 298 g/mol. The van der Waals surface area contributed by atoms with Crippen LogP contribution in [-0.2, 0) is 4.79 Å². The highest BCUT2D eigenvalue weighted by Crippen LogP contribution is 2.25. The fourth-order valence-corrected chi connectivity index (χ4v) is 1.80. The Kier molecular flexibility index (Phi) is 3.54. The van der Waals surface area contributed by atoms with Crippen molar-refractivity contribution in [2.75, 3.05) is 11.9 Å². The number of fused-ring (bicyclic) bond motifs is 1. The number of carbonyl (C=O) groups is 2. The number of hydrogen-bond donors (Lipinski definition) is 1. The van der Waals surface area contributed by atoms with E-state index in [0.29, 0.717) is 0 Å². The van der Waals surface area contributed by atoms with Crippen LogP contribution in [0.4, 0.5) is 19.0 Å². The van der Waals surface area contributed by atoms with E-state index >= 15 is 0 Å². The number of nitrogens with zero attached hydrogens (tertiary/aromatic N) is 2. The Labute approximate surface area is 116 Å². The van der Waals surface area contributed by atoms with Crippen LogP contribution in [-0.4, -0.2) is 35.2 Å². The van der Waals surface area contributed by atoms with E-state index in [1.807, 2.05) is 0 Å². The zero-order chi connectivity index (χ0) is 15.8. The first-order valence-electron chi connectivity index (χ1n) is 5.70. The average Bonchev–Trinajstić information content (AvgIpc) is 2.43. The van der Waals surface area contributed by atoms with Crippen molar-refractivity contribution in [3.8, 4) is 0 Å². The number of anilines is 1. The Bertz CT molecular complexity index is 728. The predicted molar refractivity (Wildman–Crippen MR) is 68.2 cm³/mol. The normalized spacial score (nSPS) is 11.4. The number of alkyl halides is 3. The summed E-state index contributed by atoms with van der Waals surface area (Å²) in [7, 11) is 0.887. The second kappa shape index (κ2) is 5.04. The van der Waals surface area contributed by atoms with E-state index in [4.69, 9.17) is 5.11 Å². The molecule has 0 saturated carbocycles.